The zero-order chi connectivity index (χ0) is 52.3. The predicted molar refractivity (Wildman–Crippen MR) is 272 cm³/mol. The number of cyclic esters (lactones) is 1. The molecule has 0 unspecified atom stereocenters. The molecule has 1 aromatic carbocycles. The van der Waals surface area contributed by atoms with Gasteiger partial charge in [-0.25, -0.2) is 15.2 Å². The van der Waals surface area contributed by atoms with Crippen molar-refractivity contribution in [2.24, 2.45) is 11.3 Å². The first kappa shape index (κ1) is 52.8. The molecule has 392 valence electrons. The van der Waals surface area contributed by atoms with Crippen molar-refractivity contribution in [2.45, 2.75) is 137 Å². The largest absolute Gasteiger partial charge is 0.464 e. The van der Waals surface area contributed by atoms with Crippen molar-refractivity contribution in [3.63, 3.8) is 0 Å². The third-order valence-corrected chi connectivity index (χ3v) is 14.6. The molecule has 7 heterocycles. The molecule has 0 spiro atoms. The quantitative estimate of drug-likeness (QED) is 0.145. The van der Waals surface area contributed by atoms with Gasteiger partial charge in [-0.1, -0.05) is 32.9 Å². The fourth-order valence-corrected chi connectivity index (χ4v) is 10.8. The molecule has 0 saturated carbocycles. The zero-order valence-corrected chi connectivity index (χ0v) is 44.0. The monoisotopic (exact) mass is 1000 g/mol. The topological polar surface area (TPSA) is 215 Å². The van der Waals surface area contributed by atoms with E-state index >= 15 is 0 Å². The van der Waals surface area contributed by atoms with Crippen LogP contribution in [0.5, 0.6) is 0 Å². The number of hydrogen-bond acceptors (Lipinski definition) is 14. The fourth-order valence-electron chi connectivity index (χ4n) is 10.8. The number of benzene rings is 1. The molecule has 6 bridgehead atoms. The van der Waals surface area contributed by atoms with Gasteiger partial charge in [-0.05, 0) is 102 Å². The number of ether oxygens (including phenoxy) is 2. The predicted octanol–water partition coefficient (Wildman–Crippen LogP) is 5.65. The Hall–Kier alpha value is -6.51. The van der Waals surface area contributed by atoms with Crippen LogP contribution in [-0.2, 0) is 48.0 Å². The summed E-state index contributed by atoms with van der Waals surface area (Å²) in [5.41, 5.74) is 8.20. The molecule has 8 rings (SSSR count). The number of carbonyl (C=O) groups is 5. The van der Waals surface area contributed by atoms with Crippen LogP contribution < -0.4 is 10.7 Å². The van der Waals surface area contributed by atoms with E-state index in [4.69, 9.17) is 18.9 Å². The Kier molecular flexibility index (Phi) is 16.1. The number of pyridine rings is 1. The molecule has 4 amide bonds. The number of oxazole rings is 1. The highest BCUT2D eigenvalue weighted by molar-refractivity contribution is 5.95. The van der Waals surface area contributed by atoms with E-state index in [-0.39, 0.29) is 68.1 Å². The molecular weight excluding hydrogens is 933 g/mol. The minimum Gasteiger partial charge on any atom is -0.464 e. The van der Waals surface area contributed by atoms with E-state index in [2.05, 4.69) is 69.6 Å². The van der Waals surface area contributed by atoms with Gasteiger partial charge in [-0.15, -0.1) is 5.10 Å². The number of piperidine rings is 1. The summed E-state index contributed by atoms with van der Waals surface area (Å²) in [6.07, 6.45) is 8.85. The highest BCUT2D eigenvalue weighted by Gasteiger charge is 2.39. The molecule has 4 aromatic heterocycles. The van der Waals surface area contributed by atoms with Gasteiger partial charge in [-0.2, -0.15) is 4.68 Å². The Morgan fingerprint density at radius 2 is 1.78 bits per heavy atom. The van der Waals surface area contributed by atoms with Crippen LogP contribution >= 0.6 is 0 Å². The van der Waals surface area contributed by atoms with Crippen molar-refractivity contribution in [2.75, 3.05) is 46.9 Å². The van der Waals surface area contributed by atoms with Gasteiger partial charge in [0.2, 0.25) is 11.8 Å². The van der Waals surface area contributed by atoms with Gasteiger partial charge in [0, 0.05) is 86.1 Å². The molecule has 3 aliphatic heterocycles. The number of hydrogen-bond donors (Lipinski definition) is 2. The lowest BCUT2D eigenvalue weighted by Crippen LogP contribution is -2.62. The first-order chi connectivity index (χ1) is 34.9. The highest BCUT2D eigenvalue weighted by atomic mass is 16.5. The molecule has 5 aromatic rings. The summed E-state index contributed by atoms with van der Waals surface area (Å²) in [5.74, 6) is -1.37. The lowest BCUT2D eigenvalue weighted by Gasteiger charge is -2.40. The van der Waals surface area contributed by atoms with Gasteiger partial charge in [0.1, 0.15) is 18.1 Å². The molecule has 2 fully saturated rings. The number of rotatable bonds is 12. The van der Waals surface area contributed by atoms with E-state index in [9.17, 15) is 24.0 Å². The summed E-state index contributed by atoms with van der Waals surface area (Å²) in [7, 11) is 3.29. The van der Waals surface area contributed by atoms with Crippen LogP contribution in [0, 0.1) is 11.3 Å². The van der Waals surface area contributed by atoms with Crippen LogP contribution in [0.4, 0.5) is 4.79 Å². The number of nitrogens with zero attached hydrogens (tertiary/aromatic N) is 10. The molecule has 2 N–H and O–H groups in total. The van der Waals surface area contributed by atoms with E-state index in [0.717, 1.165) is 39.0 Å². The van der Waals surface area contributed by atoms with Crippen molar-refractivity contribution in [3.05, 3.63) is 72.3 Å². The van der Waals surface area contributed by atoms with E-state index in [0.29, 0.717) is 57.5 Å². The smallest absolute Gasteiger partial charge is 0.346 e. The number of aromatic nitrogens is 6. The maximum Gasteiger partial charge on any atom is 0.346 e. The minimum atomic E-state index is -1.19. The fraction of sp³-hybridized carbons (Fsp3) is 0.566. The zero-order valence-electron chi connectivity index (χ0n) is 44.0. The minimum absolute atomic E-state index is 0.0481. The van der Waals surface area contributed by atoms with Crippen molar-refractivity contribution in [3.8, 4) is 22.6 Å². The first-order valence-corrected chi connectivity index (χ1v) is 25.7. The molecular formula is C53H72N12O8. The van der Waals surface area contributed by atoms with Gasteiger partial charge in [-0.3, -0.25) is 34.1 Å². The maximum absolute atomic E-state index is 14.7. The second kappa shape index (κ2) is 22.3. The molecule has 3 aliphatic rings. The lowest BCUT2D eigenvalue weighted by molar-refractivity contribution is -0.155. The van der Waals surface area contributed by atoms with E-state index in [1.54, 1.807) is 26.6 Å². The Labute approximate surface area is 427 Å². The lowest BCUT2D eigenvalue weighted by atomic mass is 9.84. The molecule has 2 saturated heterocycles. The number of fused-ring (bicyclic) bond motifs is 6. The van der Waals surface area contributed by atoms with Gasteiger partial charge >= 0.3 is 12.0 Å². The molecule has 0 aliphatic carbocycles. The number of aryl methyl sites for hydroxylation is 1. The van der Waals surface area contributed by atoms with Gasteiger partial charge in [0.25, 0.3) is 5.91 Å². The van der Waals surface area contributed by atoms with Crippen LogP contribution in [0.15, 0.2) is 59.5 Å². The van der Waals surface area contributed by atoms with Crippen LogP contribution in [0.3, 0.4) is 0 Å². The third kappa shape index (κ3) is 11.4. The summed E-state index contributed by atoms with van der Waals surface area (Å²) in [6, 6.07) is 6.87. The van der Waals surface area contributed by atoms with Crippen LogP contribution in [-0.4, -0.2) is 156 Å². The summed E-state index contributed by atoms with van der Waals surface area (Å²) in [4.78, 5) is 85.4. The van der Waals surface area contributed by atoms with Gasteiger partial charge < -0.3 is 33.6 Å². The molecule has 20 heteroatoms. The third-order valence-electron chi connectivity index (χ3n) is 14.6. The van der Waals surface area contributed by atoms with Crippen LogP contribution in [0.2, 0.25) is 0 Å². The number of nitrogens with one attached hydrogen (secondary N) is 2. The van der Waals surface area contributed by atoms with E-state index in [1.165, 1.54) is 27.0 Å². The number of likely N-dealkylation sites (tertiary alicyclic amines) is 1. The Balaban J connectivity index is 1.06. The summed E-state index contributed by atoms with van der Waals surface area (Å²) in [6.45, 7) is 18.2. The molecule has 73 heavy (non-hydrogen) atoms. The SMILES string of the molecule is CCn1c(-c2cccnc2[C@H](C)OC)c2c3cc(ccc31)-c1cnc(o1)C[C@H](NC(=O)[C@H](C(C)C)N(C)C(=O)CN1CCC(N(C(=O)n3ccnn3)C(C)C)CC1)C(=O)N1CCC[C@H](N1)C(=O)OCC(C)(C)C2. The average Bonchev–Trinajstić information content (AvgIpc) is 4.15. The second-order valence-electron chi connectivity index (χ2n) is 21.1. The normalized spacial score (nSPS) is 19.9. The number of likely N-dealkylation sites (N-methyl/N-ethyl adjacent to an activating group) is 1. The Morgan fingerprint density at radius 3 is 2.47 bits per heavy atom. The molecule has 4 atom stereocenters. The number of esters is 1. The van der Waals surface area contributed by atoms with Gasteiger partial charge in [0.15, 0.2) is 11.7 Å². The van der Waals surface area contributed by atoms with E-state index in [1.807, 2.05) is 56.6 Å². The average molecular weight is 1010 g/mol. The van der Waals surface area contributed by atoms with Crippen LogP contribution in [0.1, 0.15) is 104 Å². The molecule has 20 nitrogen and oxygen atoms in total. The van der Waals surface area contributed by atoms with Crippen molar-refractivity contribution in [1.29, 1.82) is 0 Å². The van der Waals surface area contributed by atoms with Gasteiger partial charge in [0.05, 0.1) is 55.7 Å². The summed E-state index contributed by atoms with van der Waals surface area (Å²) in [5, 5.41) is 13.1. The Bertz CT molecular complexity index is 2780. The summed E-state index contributed by atoms with van der Waals surface area (Å²) >= 11 is 0. The second-order valence-corrected chi connectivity index (χ2v) is 21.1. The van der Waals surface area contributed by atoms with Crippen molar-refractivity contribution >= 4 is 40.6 Å². The summed E-state index contributed by atoms with van der Waals surface area (Å²) < 4.78 is 21.9. The maximum atomic E-state index is 14.7. The highest BCUT2D eigenvalue weighted by Crippen LogP contribution is 2.42. The number of methoxy groups -OCH3 is 1. The number of hydrazine groups is 1. The van der Waals surface area contributed by atoms with E-state index < -0.39 is 41.3 Å². The Morgan fingerprint density at radius 1 is 1.01 bits per heavy atom. The van der Waals surface area contributed by atoms with Crippen LogP contribution in [0.25, 0.3) is 33.5 Å². The molecule has 0 radical (unpaired) electrons. The first-order valence-electron chi connectivity index (χ1n) is 25.7. The number of amides is 4. The standard InChI is InChI=1S/C53H72N12O8/c1-11-62-42-17-16-35-26-38(42)39(48(62)37-14-12-20-54-46(37)34(6)71-10)28-53(7,8)31-72-51(69)40-15-13-22-63(58-40)50(68)41(27-44-55-29-43(35)73-44)57-49(67)47(32(2)3)60(9)45(66)30-61-23-18-36(19-24-61)65(33(4)5)52(70)64-25-21-56-59-64/h12,14,16-17,20-21,25-26,29,32-34,36,40-41,47,58H,11,13,15,18-19,22-24,27-28,30-31H2,1-10H3,(H,57,67)/t34-,40-,41-,47-/m0/s1. The van der Waals surface area contributed by atoms with Crippen molar-refractivity contribution in [1.82, 2.24) is 60.0 Å². The number of carbonyl (C=O) groups excluding carboxylic acids is 5. The van der Waals surface area contributed by atoms with Crippen molar-refractivity contribution < 1.29 is 37.9 Å².